The number of aliphatic hydroxyl groups is 1. The van der Waals surface area contributed by atoms with Gasteiger partial charge in [-0.15, -0.1) is 0 Å². The third-order valence-electron chi connectivity index (χ3n) is 14.5. The summed E-state index contributed by atoms with van der Waals surface area (Å²) in [4.78, 5) is 143. The molecule has 0 spiro atoms. The number of halogens is 4. The number of carbonyl (C=O) groups excluding carboxylic acids is 10. The molecule has 0 radical (unpaired) electrons. The second-order valence-electron chi connectivity index (χ2n) is 22.7. The molecule has 25 heteroatoms. The number of esters is 3. The Bertz CT molecular complexity index is 2410. The average molecular weight is 1160 g/mol. The highest BCUT2D eigenvalue weighted by Crippen LogP contribution is 2.38. The lowest BCUT2D eigenvalue weighted by Gasteiger charge is -2.36. The second kappa shape index (κ2) is 29.5. The minimum Gasteiger partial charge on any atom is -0.497 e. The number of fused-ring (bicyclic) bond motifs is 1. The molecule has 6 amide bonds. The molecule has 456 valence electrons. The molecule has 0 aliphatic carbocycles. The SMILES string of the molecule is CC[C@H](C)[C@H]1NC(=O)[C@@H](NC(=O)[C@@H](CC(C)C)N(C)C(=O)C(F)(F)C(F)(F)C(=O)OC(C)C)[C@@H](C)OC(=O)[C@H](Cc2ccc(OC)cc2)N(C)C(=O)[C@@H]2CCCN2C(=O)[C@H](CC(C)C)NC(=O)[C@@H](C)C(=O)[C@H](C(C)C)OC(=O)C[C@@H]1O. The molecule has 2 fully saturated rings. The minimum atomic E-state index is -5.78. The average Bonchev–Trinajstić information content (AvgIpc) is 3.89. The summed E-state index contributed by atoms with van der Waals surface area (Å²) >= 11 is 0. The van der Waals surface area contributed by atoms with E-state index in [9.17, 15) is 53.1 Å². The number of benzene rings is 1. The molecule has 1 aromatic rings. The number of amides is 6. The second-order valence-corrected chi connectivity index (χ2v) is 22.7. The van der Waals surface area contributed by atoms with Crippen LogP contribution < -0.4 is 20.7 Å². The summed E-state index contributed by atoms with van der Waals surface area (Å²) < 4.78 is 82.7. The van der Waals surface area contributed by atoms with Gasteiger partial charge < -0.3 is 54.7 Å². The summed E-state index contributed by atoms with van der Waals surface area (Å²) in [5.74, 6) is -28.3. The predicted octanol–water partition coefficient (Wildman–Crippen LogP) is 4.17. The molecule has 1 aromatic carbocycles. The molecule has 4 N–H and O–H groups in total. The fourth-order valence-electron chi connectivity index (χ4n) is 9.52. The molecule has 2 aliphatic heterocycles. The maximum atomic E-state index is 15.6. The summed E-state index contributed by atoms with van der Waals surface area (Å²) in [5.41, 5.74) is 0.459. The Morgan fingerprint density at radius 1 is 0.864 bits per heavy atom. The Morgan fingerprint density at radius 2 is 1.47 bits per heavy atom. The van der Waals surface area contributed by atoms with Gasteiger partial charge in [-0.1, -0.05) is 73.9 Å². The number of Topliss-reactive ketones (excluding diaryl/α,β-unsaturated/α-hetero) is 1. The molecular formula is C56H84F4N6O15. The van der Waals surface area contributed by atoms with Crippen molar-refractivity contribution in [3.8, 4) is 5.75 Å². The van der Waals surface area contributed by atoms with Crippen LogP contribution in [0.5, 0.6) is 5.75 Å². The van der Waals surface area contributed by atoms with Crippen molar-refractivity contribution in [1.82, 2.24) is 30.7 Å². The zero-order chi connectivity index (χ0) is 61.8. The molecule has 81 heavy (non-hydrogen) atoms. The van der Waals surface area contributed by atoms with Gasteiger partial charge >= 0.3 is 35.7 Å². The summed E-state index contributed by atoms with van der Waals surface area (Å²) in [6.45, 7) is 17.6. The van der Waals surface area contributed by atoms with E-state index in [2.05, 4.69) is 20.7 Å². The van der Waals surface area contributed by atoms with Crippen LogP contribution in [0.1, 0.15) is 127 Å². The van der Waals surface area contributed by atoms with Crippen LogP contribution in [-0.2, 0) is 68.6 Å². The van der Waals surface area contributed by atoms with Crippen LogP contribution in [0.25, 0.3) is 0 Å². The van der Waals surface area contributed by atoms with E-state index < -0.39 is 168 Å². The molecule has 11 atom stereocenters. The van der Waals surface area contributed by atoms with E-state index >= 15 is 17.6 Å². The number of ether oxygens (including phenoxy) is 4. The lowest BCUT2D eigenvalue weighted by atomic mass is 9.91. The van der Waals surface area contributed by atoms with Crippen LogP contribution in [0.2, 0.25) is 0 Å². The number of likely N-dealkylation sites (N-methyl/N-ethyl adjacent to an activating group) is 2. The van der Waals surface area contributed by atoms with Crippen LogP contribution in [0, 0.1) is 29.6 Å². The Kier molecular flexibility index (Phi) is 25.1. The molecule has 0 saturated carbocycles. The van der Waals surface area contributed by atoms with Crippen LogP contribution in [0.4, 0.5) is 17.6 Å². The summed E-state index contributed by atoms with van der Waals surface area (Å²) in [5, 5.41) is 19.3. The van der Waals surface area contributed by atoms with Crippen LogP contribution in [0.3, 0.4) is 0 Å². The van der Waals surface area contributed by atoms with Crippen LogP contribution >= 0.6 is 0 Å². The highest BCUT2D eigenvalue weighted by molar-refractivity contribution is 6.05. The lowest BCUT2D eigenvalue weighted by molar-refractivity contribution is -0.233. The molecule has 0 bridgehead atoms. The molecule has 3 rings (SSSR count). The maximum absolute atomic E-state index is 15.6. The van der Waals surface area contributed by atoms with Crippen molar-refractivity contribution < 1.29 is 89.6 Å². The summed E-state index contributed by atoms with van der Waals surface area (Å²) in [6, 6.07) is -3.24. The molecule has 2 aliphatic rings. The number of carbonyl (C=O) groups is 10. The van der Waals surface area contributed by atoms with Crippen molar-refractivity contribution in [1.29, 1.82) is 0 Å². The summed E-state index contributed by atoms with van der Waals surface area (Å²) in [7, 11) is 3.33. The molecule has 0 unspecified atom stereocenters. The van der Waals surface area contributed by atoms with E-state index in [0.717, 1.165) is 25.7 Å². The van der Waals surface area contributed by atoms with Gasteiger partial charge in [-0.2, -0.15) is 17.6 Å². The number of aliphatic hydroxyl groups excluding tert-OH is 1. The number of nitrogens with zero attached hydrogens (tertiary/aromatic N) is 3. The van der Waals surface area contributed by atoms with E-state index in [-0.39, 0.29) is 43.0 Å². The number of nitrogens with one attached hydrogen (secondary N) is 3. The van der Waals surface area contributed by atoms with Crippen molar-refractivity contribution in [3.05, 3.63) is 29.8 Å². The number of cyclic esters (lactones) is 2. The first-order valence-corrected chi connectivity index (χ1v) is 27.5. The first-order valence-electron chi connectivity index (χ1n) is 27.5. The van der Waals surface area contributed by atoms with E-state index in [1.165, 1.54) is 39.8 Å². The van der Waals surface area contributed by atoms with Gasteiger partial charge in [0.05, 0.1) is 37.7 Å². The topological polar surface area (TPSA) is 274 Å². The Morgan fingerprint density at radius 3 is 2.00 bits per heavy atom. The van der Waals surface area contributed by atoms with Gasteiger partial charge in [0.25, 0.3) is 0 Å². The van der Waals surface area contributed by atoms with Crippen molar-refractivity contribution in [2.24, 2.45) is 29.6 Å². The third kappa shape index (κ3) is 17.6. The molecule has 2 heterocycles. The number of hydrogen-bond acceptors (Lipinski definition) is 15. The van der Waals surface area contributed by atoms with Crippen molar-refractivity contribution in [2.75, 3.05) is 27.7 Å². The highest BCUT2D eigenvalue weighted by atomic mass is 19.3. The number of rotatable bonds is 17. The van der Waals surface area contributed by atoms with Gasteiger partial charge in [0.1, 0.15) is 42.1 Å². The Hall–Kier alpha value is -6.40. The van der Waals surface area contributed by atoms with Crippen molar-refractivity contribution in [3.63, 3.8) is 0 Å². The molecule has 21 nitrogen and oxygen atoms in total. The quantitative estimate of drug-likeness (QED) is 0.0738. The van der Waals surface area contributed by atoms with E-state index in [4.69, 9.17) is 14.2 Å². The number of methoxy groups -OCH3 is 1. The first-order chi connectivity index (χ1) is 37.5. The molecule has 2 saturated heterocycles. The Labute approximate surface area is 471 Å². The van der Waals surface area contributed by atoms with Gasteiger partial charge in [0.2, 0.25) is 29.5 Å². The van der Waals surface area contributed by atoms with Crippen molar-refractivity contribution >= 4 is 59.1 Å². The highest BCUT2D eigenvalue weighted by Gasteiger charge is 2.69. The molecule has 0 aromatic heterocycles. The Balaban J connectivity index is 2.32. The smallest absolute Gasteiger partial charge is 0.413 e. The minimum absolute atomic E-state index is 0.00862. The predicted molar refractivity (Wildman–Crippen MR) is 285 cm³/mol. The van der Waals surface area contributed by atoms with Crippen LogP contribution in [0.15, 0.2) is 24.3 Å². The zero-order valence-corrected chi connectivity index (χ0v) is 49.1. The van der Waals surface area contributed by atoms with Crippen LogP contribution in [-0.4, -0.2) is 179 Å². The van der Waals surface area contributed by atoms with Gasteiger partial charge in [-0.25, -0.2) is 9.59 Å². The summed E-state index contributed by atoms with van der Waals surface area (Å²) in [6.07, 6.45) is -7.37. The fourth-order valence-corrected chi connectivity index (χ4v) is 9.52. The van der Waals surface area contributed by atoms with Gasteiger partial charge in [-0.05, 0) is 94.7 Å². The lowest BCUT2D eigenvalue weighted by Crippen LogP contribution is -2.63. The monoisotopic (exact) mass is 1160 g/mol. The van der Waals surface area contributed by atoms with E-state index in [1.54, 1.807) is 65.8 Å². The standard InChI is InChI=1S/C56H84F4N6O15/c1-16-32(10)43-41(67)27-42(68)81-46(30(6)7)45(69)33(11)47(70)61-37(24-28(2)3)50(73)66-23-17-18-38(66)51(74)64(13)40(26-35-19-21-36(78-15)22-20-35)52(75)80-34(12)44(49(72)62-43)63-48(71)39(25-29(4)5)65(14)53(76)55(57,58)56(59,60)54(77)79-31(8)9/h19-22,28-34,37-41,43-44,46,67H,16-18,23-27H2,1-15H3,(H,61,70)(H,62,72)(H,63,71)/t32-,33-,34+,37-,38-,39+,40-,41-,43+,44-,46-/m0/s1. The van der Waals surface area contributed by atoms with Gasteiger partial charge in [0, 0.05) is 27.1 Å². The normalized spacial score (nSPS) is 25.4. The third-order valence-corrected chi connectivity index (χ3v) is 14.5. The fraction of sp³-hybridized carbons (Fsp3) is 0.714. The van der Waals surface area contributed by atoms with E-state index in [0.29, 0.717) is 24.8 Å². The van der Waals surface area contributed by atoms with Gasteiger partial charge in [0.15, 0.2) is 11.9 Å². The number of hydrogen-bond donors (Lipinski definition) is 4. The van der Waals surface area contributed by atoms with Crippen molar-refractivity contribution in [2.45, 2.75) is 201 Å². The maximum Gasteiger partial charge on any atom is 0.413 e. The number of alkyl halides is 4. The zero-order valence-electron chi connectivity index (χ0n) is 49.1. The number of ketones is 1. The largest absolute Gasteiger partial charge is 0.497 e. The first kappa shape index (κ1) is 68.9. The van der Waals surface area contributed by atoms with E-state index in [1.807, 2.05) is 0 Å². The molecular weight excluding hydrogens is 1070 g/mol. The van der Waals surface area contributed by atoms with Gasteiger partial charge in [-0.3, -0.25) is 38.4 Å².